The third kappa shape index (κ3) is 5.59. The summed E-state index contributed by atoms with van der Waals surface area (Å²) >= 11 is 12.0. The van der Waals surface area contributed by atoms with Crippen molar-refractivity contribution in [3.05, 3.63) is 52.0 Å². The number of imidazole rings is 1. The molecule has 0 aliphatic carbocycles. The van der Waals surface area contributed by atoms with Crippen LogP contribution in [-0.2, 0) is 13.0 Å². The van der Waals surface area contributed by atoms with E-state index >= 15 is 0 Å². The van der Waals surface area contributed by atoms with Crippen LogP contribution in [0.25, 0.3) is 0 Å². The molecule has 106 valence electrons. The van der Waals surface area contributed by atoms with Crippen LogP contribution in [0.2, 0.25) is 10.0 Å². The highest BCUT2D eigenvalue weighted by Gasteiger charge is 2.03. The van der Waals surface area contributed by atoms with E-state index in [2.05, 4.69) is 15.3 Å². The first kappa shape index (κ1) is 18.6. The smallest absolute Gasteiger partial charge is 0.0921 e. The molecule has 1 heterocycles. The van der Waals surface area contributed by atoms with Crippen LogP contribution in [0.5, 0.6) is 0 Å². The number of nitrogens with zero attached hydrogens (tertiary/aromatic N) is 1. The molecule has 1 aromatic heterocycles. The minimum absolute atomic E-state index is 0. The minimum Gasteiger partial charge on any atom is -0.348 e. The summed E-state index contributed by atoms with van der Waals surface area (Å²) in [6.45, 7) is 1.58. The first-order chi connectivity index (χ1) is 8.27. The van der Waals surface area contributed by atoms with E-state index in [1.807, 2.05) is 18.3 Å². The molecule has 0 fully saturated rings. The average Bonchev–Trinajstić information content (AvgIpc) is 2.83. The number of aromatic nitrogens is 2. The predicted octanol–water partition coefficient (Wildman–Crippen LogP) is 3.89. The van der Waals surface area contributed by atoms with Crippen molar-refractivity contribution in [3.8, 4) is 0 Å². The fraction of sp³-hybridized carbons (Fsp3) is 0.250. The fourth-order valence-corrected chi connectivity index (χ4v) is 1.94. The summed E-state index contributed by atoms with van der Waals surface area (Å²) < 4.78 is 0. The van der Waals surface area contributed by atoms with E-state index in [0.29, 0.717) is 16.6 Å². The van der Waals surface area contributed by atoms with Gasteiger partial charge in [0, 0.05) is 31.4 Å². The molecular formula is C12H15Cl4N3. The maximum atomic E-state index is 6.08. The van der Waals surface area contributed by atoms with Gasteiger partial charge in [0.2, 0.25) is 0 Å². The molecule has 3 nitrogen and oxygen atoms in total. The highest BCUT2D eigenvalue weighted by molar-refractivity contribution is 6.42. The predicted molar refractivity (Wildman–Crippen MR) is 85.0 cm³/mol. The van der Waals surface area contributed by atoms with Crippen LogP contribution in [0, 0.1) is 0 Å². The number of aromatic amines is 1. The highest BCUT2D eigenvalue weighted by atomic mass is 35.5. The summed E-state index contributed by atoms with van der Waals surface area (Å²) in [5.74, 6) is 0. The summed E-state index contributed by atoms with van der Waals surface area (Å²) in [5, 5.41) is 4.54. The van der Waals surface area contributed by atoms with Gasteiger partial charge in [-0.1, -0.05) is 35.3 Å². The van der Waals surface area contributed by atoms with Gasteiger partial charge >= 0.3 is 0 Å². The zero-order valence-electron chi connectivity index (χ0n) is 10.0. The quantitative estimate of drug-likeness (QED) is 0.809. The highest BCUT2D eigenvalue weighted by Crippen LogP contribution is 2.25. The molecule has 7 heteroatoms. The van der Waals surface area contributed by atoms with Gasteiger partial charge in [0.15, 0.2) is 0 Å². The number of hydrogen-bond acceptors (Lipinski definition) is 2. The molecule has 2 N–H and O–H groups in total. The second-order valence-corrected chi connectivity index (χ2v) is 4.50. The summed E-state index contributed by atoms with van der Waals surface area (Å²) in [5.41, 5.74) is 2.14. The average molecular weight is 343 g/mol. The van der Waals surface area contributed by atoms with Crippen LogP contribution in [-0.4, -0.2) is 16.5 Å². The third-order valence-corrected chi connectivity index (χ3v) is 3.33. The molecule has 1 aromatic carbocycles. The molecule has 0 aliphatic rings. The fourth-order valence-electron chi connectivity index (χ4n) is 1.55. The van der Waals surface area contributed by atoms with Gasteiger partial charge in [0.25, 0.3) is 0 Å². The van der Waals surface area contributed by atoms with Gasteiger partial charge in [-0.15, -0.1) is 24.8 Å². The van der Waals surface area contributed by atoms with Gasteiger partial charge in [-0.25, -0.2) is 4.98 Å². The van der Waals surface area contributed by atoms with Crippen LogP contribution >= 0.6 is 48.0 Å². The van der Waals surface area contributed by atoms with Crippen LogP contribution < -0.4 is 5.32 Å². The van der Waals surface area contributed by atoms with Gasteiger partial charge in [-0.05, 0) is 11.6 Å². The maximum Gasteiger partial charge on any atom is 0.0921 e. The molecule has 0 unspecified atom stereocenters. The molecule has 2 aromatic rings. The van der Waals surface area contributed by atoms with Crippen LogP contribution in [0.1, 0.15) is 11.3 Å². The molecule has 0 atom stereocenters. The van der Waals surface area contributed by atoms with E-state index in [-0.39, 0.29) is 24.8 Å². The molecule has 0 saturated carbocycles. The summed E-state index contributed by atoms with van der Waals surface area (Å²) in [6.07, 6.45) is 4.43. The van der Waals surface area contributed by atoms with E-state index < -0.39 is 0 Å². The zero-order valence-corrected chi connectivity index (χ0v) is 13.2. The Balaban J connectivity index is 0.00000162. The van der Waals surface area contributed by atoms with Crippen molar-refractivity contribution in [2.75, 3.05) is 6.54 Å². The van der Waals surface area contributed by atoms with Gasteiger partial charge in [-0.3, -0.25) is 0 Å². The van der Waals surface area contributed by atoms with Crippen LogP contribution in [0.3, 0.4) is 0 Å². The van der Waals surface area contributed by atoms with E-state index in [9.17, 15) is 0 Å². The van der Waals surface area contributed by atoms with Crippen LogP contribution in [0.4, 0.5) is 0 Å². The Morgan fingerprint density at radius 2 is 2.00 bits per heavy atom. The summed E-state index contributed by atoms with van der Waals surface area (Å²) in [6, 6.07) is 5.66. The third-order valence-electron chi connectivity index (χ3n) is 2.47. The Morgan fingerprint density at radius 3 is 2.68 bits per heavy atom. The minimum atomic E-state index is 0. The Bertz CT molecular complexity index is 474. The zero-order chi connectivity index (χ0) is 12.1. The SMILES string of the molecule is Cl.Cl.Clc1cccc(CNCCc2cnc[nH]2)c1Cl. The lowest BCUT2D eigenvalue weighted by atomic mass is 10.2. The van der Waals surface area contributed by atoms with Gasteiger partial charge < -0.3 is 10.3 Å². The van der Waals surface area contributed by atoms with E-state index in [4.69, 9.17) is 23.2 Å². The van der Waals surface area contributed by atoms with E-state index in [1.54, 1.807) is 12.4 Å². The topological polar surface area (TPSA) is 40.7 Å². The van der Waals surface area contributed by atoms with Crippen molar-refractivity contribution in [3.63, 3.8) is 0 Å². The first-order valence-corrected chi connectivity index (χ1v) is 6.14. The van der Waals surface area contributed by atoms with Crippen molar-refractivity contribution in [2.24, 2.45) is 0 Å². The number of rotatable bonds is 5. The molecule has 0 saturated heterocycles. The van der Waals surface area contributed by atoms with Crippen molar-refractivity contribution in [2.45, 2.75) is 13.0 Å². The molecular weight excluding hydrogens is 328 g/mol. The van der Waals surface area contributed by atoms with Crippen molar-refractivity contribution < 1.29 is 0 Å². The molecule has 2 rings (SSSR count). The molecule has 0 spiro atoms. The first-order valence-electron chi connectivity index (χ1n) is 5.38. The van der Waals surface area contributed by atoms with Crippen LogP contribution in [0.15, 0.2) is 30.7 Å². The van der Waals surface area contributed by atoms with E-state index in [1.165, 1.54) is 0 Å². The summed E-state index contributed by atoms with van der Waals surface area (Å²) in [4.78, 5) is 7.02. The standard InChI is InChI=1S/C12H13Cl2N3.2ClH/c13-11-3-1-2-9(12(11)14)6-15-5-4-10-7-16-8-17-10;;/h1-3,7-8,15H,4-6H2,(H,16,17);2*1H. The second kappa shape index (κ2) is 9.45. The number of benzene rings is 1. The van der Waals surface area contributed by atoms with E-state index in [0.717, 1.165) is 24.2 Å². The largest absolute Gasteiger partial charge is 0.348 e. The molecule has 19 heavy (non-hydrogen) atoms. The lowest BCUT2D eigenvalue weighted by Crippen LogP contribution is -2.17. The maximum absolute atomic E-state index is 6.08. The van der Waals surface area contributed by atoms with Crippen molar-refractivity contribution >= 4 is 48.0 Å². The summed E-state index contributed by atoms with van der Waals surface area (Å²) in [7, 11) is 0. The lowest BCUT2D eigenvalue weighted by molar-refractivity contribution is 0.681. The Labute approximate surface area is 134 Å². The van der Waals surface area contributed by atoms with Crippen molar-refractivity contribution in [1.29, 1.82) is 0 Å². The molecule has 0 bridgehead atoms. The normalized spacial score (nSPS) is 9.58. The van der Waals surface area contributed by atoms with Crippen molar-refractivity contribution in [1.82, 2.24) is 15.3 Å². The Kier molecular flexibility index (Phi) is 9.23. The second-order valence-electron chi connectivity index (χ2n) is 3.72. The Morgan fingerprint density at radius 1 is 1.21 bits per heavy atom. The monoisotopic (exact) mass is 341 g/mol. The van der Waals surface area contributed by atoms with Gasteiger partial charge in [0.05, 0.1) is 16.4 Å². The molecule has 0 amide bonds. The number of halogens is 4. The molecule has 0 radical (unpaired) electrons. The lowest BCUT2D eigenvalue weighted by Gasteiger charge is -2.07. The number of hydrogen-bond donors (Lipinski definition) is 2. The molecule has 0 aliphatic heterocycles. The Hall–Kier alpha value is -0.450. The van der Waals surface area contributed by atoms with Gasteiger partial charge in [-0.2, -0.15) is 0 Å². The number of H-pyrrole nitrogens is 1. The van der Waals surface area contributed by atoms with Gasteiger partial charge in [0.1, 0.15) is 0 Å². The number of nitrogens with one attached hydrogen (secondary N) is 2.